The standard InChI is InChI=1S/C10H17N3O2/c1-2-13(6-3-5-11)10(14)12-9-4-7-15-8-9/h9H,2-4,6-8H2,1H3,(H,12,14). The number of rotatable bonds is 4. The Morgan fingerprint density at radius 3 is 3.07 bits per heavy atom. The zero-order chi connectivity index (χ0) is 11.1. The first kappa shape index (κ1) is 11.8. The summed E-state index contributed by atoms with van der Waals surface area (Å²) < 4.78 is 5.17. The second-order valence-corrected chi connectivity index (χ2v) is 3.50. The molecule has 0 bridgehead atoms. The smallest absolute Gasteiger partial charge is 0.317 e. The van der Waals surface area contributed by atoms with Crippen LogP contribution in [-0.2, 0) is 4.74 Å². The van der Waals surface area contributed by atoms with Crippen LogP contribution in [0.4, 0.5) is 4.79 Å². The Bertz CT molecular complexity index is 244. The molecule has 0 spiro atoms. The van der Waals surface area contributed by atoms with Crippen LogP contribution in [0.15, 0.2) is 0 Å². The van der Waals surface area contributed by atoms with Crippen molar-refractivity contribution in [3.8, 4) is 6.07 Å². The highest BCUT2D eigenvalue weighted by molar-refractivity contribution is 5.74. The largest absolute Gasteiger partial charge is 0.379 e. The first-order valence-corrected chi connectivity index (χ1v) is 5.28. The van der Waals surface area contributed by atoms with Gasteiger partial charge < -0.3 is 15.0 Å². The van der Waals surface area contributed by atoms with Crippen LogP contribution in [0, 0.1) is 11.3 Å². The Balaban J connectivity index is 2.32. The zero-order valence-electron chi connectivity index (χ0n) is 9.03. The average molecular weight is 211 g/mol. The highest BCUT2D eigenvalue weighted by Crippen LogP contribution is 2.04. The number of hydrogen-bond acceptors (Lipinski definition) is 3. The lowest BCUT2D eigenvalue weighted by Gasteiger charge is -2.22. The van der Waals surface area contributed by atoms with E-state index in [1.54, 1.807) is 4.90 Å². The van der Waals surface area contributed by atoms with Crippen LogP contribution in [-0.4, -0.2) is 43.3 Å². The second kappa shape index (κ2) is 6.25. The van der Waals surface area contributed by atoms with Crippen molar-refractivity contribution < 1.29 is 9.53 Å². The monoisotopic (exact) mass is 211 g/mol. The van der Waals surface area contributed by atoms with E-state index in [0.29, 0.717) is 26.1 Å². The van der Waals surface area contributed by atoms with E-state index < -0.39 is 0 Å². The molecule has 1 fully saturated rings. The molecule has 0 aromatic rings. The topological polar surface area (TPSA) is 65.4 Å². The first-order valence-electron chi connectivity index (χ1n) is 5.28. The van der Waals surface area contributed by atoms with Gasteiger partial charge in [-0.3, -0.25) is 0 Å². The van der Waals surface area contributed by atoms with E-state index in [0.717, 1.165) is 13.0 Å². The van der Waals surface area contributed by atoms with Gasteiger partial charge in [-0.25, -0.2) is 4.79 Å². The highest BCUT2D eigenvalue weighted by Gasteiger charge is 2.20. The molecule has 15 heavy (non-hydrogen) atoms. The molecule has 1 N–H and O–H groups in total. The number of nitrogens with one attached hydrogen (secondary N) is 1. The van der Waals surface area contributed by atoms with Gasteiger partial charge in [-0.1, -0.05) is 0 Å². The minimum atomic E-state index is -0.0942. The first-order chi connectivity index (χ1) is 7.27. The normalized spacial score (nSPS) is 19.6. The minimum Gasteiger partial charge on any atom is -0.379 e. The number of carbonyl (C=O) groups is 1. The van der Waals surface area contributed by atoms with Gasteiger partial charge in [-0.05, 0) is 13.3 Å². The van der Waals surface area contributed by atoms with Gasteiger partial charge in [0.05, 0.1) is 25.1 Å². The summed E-state index contributed by atoms with van der Waals surface area (Å²) in [5.41, 5.74) is 0. The van der Waals surface area contributed by atoms with Crippen LogP contribution in [0.3, 0.4) is 0 Å². The molecule has 1 saturated heterocycles. The molecule has 1 heterocycles. The molecule has 0 aromatic carbocycles. The molecule has 84 valence electrons. The molecular weight excluding hydrogens is 194 g/mol. The Kier molecular flexibility index (Phi) is 4.91. The third-order valence-corrected chi connectivity index (χ3v) is 2.42. The highest BCUT2D eigenvalue weighted by atomic mass is 16.5. The van der Waals surface area contributed by atoms with Crippen molar-refractivity contribution in [2.45, 2.75) is 25.8 Å². The van der Waals surface area contributed by atoms with Crippen molar-refractivity contribution in [3.63, 3.8) is 0 Å². The maximum Gasteiger partial charge on any atom is 0.317 e. The lowest BCUT2D eigenvalue weighted by atomic mass is 10.3. The van der Waals surface area contributed by atoms with Crippen LogP contribution in [0.1, 0.15) is 19.8 Å². The van der Waals surface area contributed by atoms with Gasteiger partial charge in [0.2, 0.25) is 0 Å². The van der Waals surface area contributed by atoms with Crippen LogP contribution in [0.25, 0.3) is 0 Å². The molecule has 5 heteroatoms. The van der Waals surface area contributed by atoms with Crippen molar-refractivity contribution in [2.24, 2.45) is 0 Å². The summed E-state index contributed by atoms with van der Waals surface area (Å²) in [6.45, 7) is 4.34. The van der Waals surface area contributed by atoms with Gasteiger partial charge in [-0.15, -0.1) is 0 Å². The number of amides is 2. The Labute approximate surface area is 90.0 Å². The Morgan fingerprint density at radius 1 is 1.73 bits per heavy atom. The lowest BCUT2D eigenvalue weighted by molar-refractivity contribution is 0.179. The third kappa shape index (κ3) is 3.76. The summed E-state index contributed by atoms with van der Waals surface area (Å²) in [6.07, 6.45) is 1.25. The molecule has 0 aliphatic carbocycles. The van der Waals surface area contributed by atoms with E-state index in [9.17, 15) is 4.79 Å². The predicted octanol–water partition coefficient (Wildman–Crippen LogP) is 0.720. The van der Waals surface area contributed by atoms with Crippen LogP contribution in [0.2, 0.25) is 0 Å². The number of nitriles is 1. The van der Waals surface area contributed by atoms with Gasteiger partial charge >= 0.3 is 6.03 Å². The summed E-state index contributed by atoms with van der Waals surface area (Å²) in [4.78, 5) is 13.3. The number of urea groups is 1. The molecule has 1 aliphatic heterocycles. The molecule has 0 saturated carbocycles. The van der Waals surface area contributed by atoms with E-state index in [2.05, 4.69) is 5.32 Å². The number of ether oxygens (including phenoxy) is 1. The molecule has 1 unspecified atom stereocenters. The quantitative estimate of drug-likeness (QED) is 0.745. The number of hydrogen-bond donors (Lipinski definition) is 1. The summed E-state index contributed by atoms with van der Waals surface area (Å²) in [5.74, 6) is 0. The van der Waals surface area contributed by atoms with Crippen LogP contribution < -0.4 is 5.32 Å². The summed E-state index contributed by atoms with van der Waals surface area (Å²) in [6, 6.07) is 2.07. The van der Waals surface area contributed by atoms with Crippen molar-refractivity contribution >= 4 is 6.03 Å². The van der Waals surface area contributed by atoms with Crippen LogP contribution in [0.5, 0.6) is 0 Å². The molecule has 0 aromatic heterocycles. The van der Waals surface area contributed by atoms with E-state index in [-0.39, 0.29) is 12.1 Å². The van der Waals surface area contributed by atoms with Crippen molar-refractivity contribution in [2.75, 3.05) is 26.3 Å². The fourth-order valence-corrected chi connectivity index (χ4v) is 1.50. The van der Waals surface area contributed by atoms with Crippen molar-refractivity contribution in [3.05, 3.63) is 0 Å². The van der Waals surface area contributed by atoms with Gasteiger partial charge in [0.15, 0.2) is 0 Å². The molecule has 1 rings (SSSR count). The molecule has 0 radical (unpaired) electrons. The Hall–Kier alpha value is -1.28. The number of nitrogens with zero attached hydrogens (tertiary/aromatic N) is 2. The Morgan fingerprint density at radius 2 is 2.53 bits per heavy atom. The molecular formula is C10H17N3O2. The fourth-order valence-electron chi connectivity index (χ4n) is 1.50. The second-order valence-electron chi connectivity index (χ2n) is 3.50. The van der Waals surface area contributed by atoms with Gasteiger partial charge in [0, 0.05) is 19.7 Å². The van der Waals surface area contributed by atoms with Crippen LogP contribution >= 0.6 is 0 Å². The predicted molar refractivity (Wildman–Crippen MR) is 55.2 cm³/mol. The van der Waals surface area contributed by atoms with E-state index in [1.807, 2.05) is 13.0 Å². The van der Waals surface area contributed by atoms with Crippen molar-refractivity contribution in [1.29, 1.82) is 5.26 Å². The lowest BCUT2D eigenvalue weighted by Crippen LogP contribution is -2.45. The SMILES string of the molecule is CCN(CCC#N)C(=O)NC1CCOC1. The minimum absolute atomic E-state index is 0.0942. The molecule has 1 aliphatic rings. The number of carbonyl (C=O) groups excluding carboxylic acids is 1. The average Bonchev–Trinajstić information content (AvgIpc) is 2.71. The van der Waals surface area contributed by atoms with E-state index in [4.69, 9.17) is 10.00 Å². The summed E-state index contributed by atoms with van der Waals surface area (Å²) in [7, 11) is 0. The van der Waals surface area contributed by atoms with Gasteiger partial charge in [0.25, 0.3) is 0 Å². The van der Waals surface area contributed by atoms with Gasteiger partial charge in [-0.2, -0.15) is 5.26 Å². The van der Waals surface area contributed by atoms with E-state index >= 15 is 0 Å². The summed E-state index contributed by atoms with van der Waals surface area (Å²) in [5, 5.41) is 11.3. The van der Waals surface area contributed by atoms with E-state index in [1.165, 1.54) is 0 Å². The molecule has 1 atom stereocenters. The maximum atomic E-state index is 11.7. The molecule has 5 nitrogen and oxygen atoms in total. The van der Waals surface area contributed by atoms with Crippen molar-refractivity contribution in [1.82, 2.24) is 10.2 Å². The zero-order valence-corrected chi connectivity index (χ0v) is 9.03. The fraction of sp³-hybridized carbons (Fsp3) is 0.800. The summed E-state index contributed by atoms with van der Waals surface area (Å²) >= 11 is 0. The maximum absolute atomic E-state index is 11.7. The molecule has 2 amide bonds. The third-order valence-electron chi connectivity index (χ3n) is 2.42. The van der Waals surface area contributed by atoms with Gasteiger partial charge in [0.1, 0.15) is 0 Å².